The molecule has 7 heteroatoms. The molecule has 4 amide bonds. The van der Waals surface area contributed by atoms with Crippen LogP contribution in [0, 0.1) is 0 Å². The minimum atomic E-state index is -0.490. The Morgan fingerprint density at radius 1 is 1.00 bits per heavy atom. The van der Waals surface area contributed by atoms with E-state index in [1.54, 1.807) is 17.0 Å². The highest BCUT2D eigenvalue weighted by atomic mass is 16.2. The molecule has 7 nitrogen and oxygen atoms in total. The fourth-order valence-electron chi connectivity index (χ4n) is 2.61. The van der Waals surface area contributed by atoms with Crippen molar-refractivity contribution in [3.63, 3.8) is 0 Å². The molecule has 1 aliphatic heterocycles. The third-order valence-corrected chi connectivity index (χ3v) is 3.79. The highest BCUT2D eigenvalue weighted by Crippen LogP contribution is 2.08. The van der Waals surface area contributed by atoms with E-state index in [0.29, 0.717) is 31.7 Å². The molecule has 0 aliphatic carbocycles. The third-order valence-electron chi connectivity index (χ3n) is 3.79. The third kappa shape index (κ3) is 6.19. The van der Waals surface area contributed by atoms with Crippen LogP contribution < -0.4 is 10.6 Å². The average molecular weight is 346 g/mol. The molecule has 0 aromatic heterocycles. The second-order valence-electron chi connectivity index (χ2n) is 7.19. The van der Waals surface area contributed by atoms with E-state index in [-0.39, 0.29) is 18.4 Å². The zero-order chi connectivity index (χ0) is 18.4. The quantitative estimate of drug-likeness (QED) is 0.858. The van der Waals surface area contributed by atoms with Gasteiger partial charge in [-0.1, -0.05) is 18.2 Å². The highest BCUT2D eigenvalue weighted by molar-refractivity contribution is 5.95. The number of hydrogen-bond acceptors (Lipinski definition) is 4. The summed E-state index contributed by atoms with van der Waals surface area (Å²) in [5.74, 6) is -0.334. The van der Waals surface area contributed by atoms with Gasteiger partial charge < -0.3 is 10.2 Å². The van der Waals surface area contributed by atoms with Crippen LogP contribution in [0.2, 0.25) is 0 Å². The van der Waals surface area contributed by atoms with Crippen LogP contribution in [-0.4, -0.2) is 65.9 Å². The second-order valence-corrected chi connectivity index (χ2v) is 7.19. The van der Waals surface area contributed by atoms with E-state index in [9.17, 15) is 14.4 Å². The molecule has 1 aliphatic rings. The zero-order valence-corrected chi connectivity index (χ0v) is 15.0. The van der Waals surface area contributed by atoms with E-state index in [1.807, 2.05) is 43.9 Å². The number of nitrogens with zero attached hydrogens (tertiary/aromatic N) is 2. The van der Waals surface area contributed by atoms with Gasteiger partial charge in [-0.3, -0.25) is 19.8 Å². The average Bonchev–Trinajstić information content (AvgIpc) is 2.53. The number of rotatable bonds is 3. The number of amides is 4. The van der Waals surface area contributed by atoms with Gasteiger partial charge in [0.15, 0.2) is 0 Å². The Morgan fingerprint density at radius 2 is 1.60 bits per heavy atom. The predicted octanol–water partition coefficient (Wildman–Crippen LogP) is 1.07. The van der Waals surface area contributed by atoms with Crippen LogP contribution in [-0.2, 0) is 4.79 Å². The molecule has 0 radical (unpaired) electrons. The molecule has 0 spiro atoms. The van der Waals surface area contributed by atoms with Crippen molar-refractivity contribution in [1.29, 1.82) is 0 Å². The number of benzene rings is 1. The van der Waals surface area contributed by atoms with Crippen molar-refractivity contribution >= 4 is 17.8 Å². The first-order chi connectivity index (χ1) is 11.7. The highest BCUT2D eigenvalue weighted by Gasteiger charge is 2.24. The second kappa shape index (κ2) is 8.11. The van der Waals surface area contributed by atoms with Crippen molar-refractivity contribution in [2.45, 2.75) is 26.3 Å². The zero-order valence-electron chi connectivity index (χ0n) is 15.0. The maximum atomic E-state index is 12.4. The van der Waals surface area contributed by atoms with Crippen LogP contribution in [0.15, 0.2) is 30.3 Å². The van der Waals surface area contributed by atoms with Gasteiger partial charge in [0, 0.05) is 37.3 Å². The lowest BCUT2D eigenvalue weighted by molar-refractivity contribution is -0.121. The minimum absolute atomic E-state index is 0.00857. The van der Waals surface area contributed by atoms with Crippen LogP contribution in [0.1, 0.15) is 31.1 Å². The molecule has 136 valence electrons. The SMILES string of the molecule is CC(C)(C)NC(=O)NC(=O)CN1CCN(C(=O)c2ccccc2)CC1. The van der Waals surface area contributed by atoms with E-state index in [2.05, 4.69) is 10.6 Å². The lowest BCUT2D eigenvalue weighted by Gasteiger charge is -2.34. The Labute approximate surface area is 148 Å². The van der Waals surface area contributed by atoms with E-state index in [4.69, 9.17) is 0 Å². The molecular weight excluding hydrogens is 320 g/mol. The molecule has 25 heavy (non-hydrogen) atoms. The van der Waals surface area contributed by atoms with Gasteiger partial charge in [-0.15, -0.1) is 0 Å². The fraction of sp³-hybridized carbons (Fsp3) is 0.500. The maximum absolute atomic E-state index is 12.4. The Bertz CT molecular complexity index is 617. The first-order valence-electron chi connectivity index (χ1n) is 8.43. The molecule has 1 heterocycles. The standard InChI is InChI=1S/C18H26N4O3/c1-18(2,3)20-17(25)19-15(23)13-21-9-11-22(12-10-21)16(24)14-7-5-4-6-8-14/h4-8H,9-13H2,1-3H3,(H2,19,20,23,25). The van der Waals surface area contributed by atoms with Gasteiger partial charge in [0.05, 0.1) is 6.54 Å². The van der Waals surface area contributed by atoms with Crippen LogP contribution in [0.5, 0.6) is 0 Å². The van der Waals surface area contributed by atoms with Gasteiger partial charge in [-0.25, -0.2) is 4.79 Å². The van der Waals surface area contributed by atoms with Gasteiger partial charge in [0.25, 0.3) is 5.91 Å². The summed E-state index contributed by atoms with van der Waals surface area (Å²) in [4.78, 5) is 39.8. The van der Waals surface area contributed by atoms with Gasteiger partial charge in [0.2, 0.25) is 5.91 Å². The number of piperazine rings is 1. The molecule has 1 aromatic carbocycles. The molecule has 0 saturated carbocycles. The van der Waals surface area contributed by atoms with Crippen LogP contribution in [0.4, 0.5) is 4.79 Å². The lowest BCUT2D eigenvalue weighted by atomic mass is 10.1. The Kier molecular flexibility index (Phi) is 6.14. The Morgan fingerprint density at radius 3 is 2.16 bits per heavy atom. The van der Waals surface area contributed by atoms with E-state index >= 15 is 0 Å². The van der Waals surface area contributed by atoms with Crippen molar-refractivity contribution in [2.75, 3.05) is 32.7 Å². The molecule has 1 fully saturated rings. The number of nitrogens with one attached hydrogen (secondary N) is 2. The summed E-state index contributed by atoms with van der Waals surface area (Å²) in [6.45, 7) is 8.02. The van der Waals surface area contributed by atoms with Gasteiger partial charge in [-0.05, 0) is 32.9 Å². The largest absolute Gasteiger partial charge is 0.336 e. The number of hydrogen-bond donors (Lipinski definition) is 2. The fourth-order valence-corrected chi connectivity index (χ4v) is 2.61. The summed E-state index contributed by atoms with van der Waals surface area (Å²) in [6, 6.07) is 8.68. The van der Waals surface area contributed by atoms with Gasteiger partial charge in [0.1, 0.15) is 0 Å². The van der Waals surface area contributed by atoms with Crippen LogP contribution in [0.3, 0.4) is 0 Å². The summed E-state index contributed by atoms with van der Waals surface area (Å²) in [5, 5.41) is 5.02. The van der Waals surface area contributed by atoms with Gasteiger partial charge >= 0.3 is 6.03 Å². The molecule has 2 N–H and O–H groups in total. The predicted molar refractivity (Wildman–Crippen MR) is 95.2 cm³/mol. The molecule has 0 atom stereocenters. The van der Waals surface area contributed by atoms with Crippen molar-refractivity contribution < 1.29 is 14.4 Å². The van der Waals surface area contributed by atoms with E-state index < -0.39 is 11.6 Å². The molecule has 2 rings (SSSR count). The summed E-state index contributed by atoms with van der Waals surface area (Å²) in [6.07, 6.45) is 0. The maximum Gasteiger partial charge on any atom is 0.321 e. The number of carbonyl (C=O) groups is 3. The van der Waals surface area contributed by atoms with Crippen LogP contribution >= 0.6 is 0 Å². The normalized spacial score (nSPS) is 15.6. The van der Waals surface area contributed by atoms with Crippen molar-refractivity contribution in [3.8, 4) is 0 Å². The first-order valence-corrected chi connectivity index (χ1v) is 8.43. The minimum Gasteiger partial charge on any atom is -0.336 e. The van der Waals surface area contributed by atoms with E-state index in [1.165, 1.54) is 0 Å². The number of imide groups is 1. The summed E-state index contributed by atoms with van der Waals surface area (Å²) >= 11 is 0. The van der Waals surface area contributed by atoms with Gasteiger partial charge in [-0.2, -0.15) is 0 Å². The summed E-state index contributed by atoms with van der Waals surface area (Å²) < 4.78 is 0. The molecule has 1 saturated heterocycles. The Hall–Kier alpha value is -2.41. The molecule has 1 aromatic rings. The Balaban J connectivity index is 1.76. The number of carbonyl (C=O) groups excluding carboxylic acids is 3. The van der Waals surface area contributed by atoms with Crippen molar-refractivity contribution in [3.05, 3.63) is 35.9 Å². The molecular formula is C18H26N4O3. The summed E-state index contributed by atoms with van der Waals surface area (Å²) in [5.41, 5.74) is 0.279. The van der Waals surface area contributed by atoms with Crippen molar-refractivity contribution in [2.24, 2.45) is 0 Å². The summed E-state index contributed by atoms with van der Waals surface area (Å²) in [7, 11) is 0. The monoisotopic (exact) mass is 346 g/mol. The van der Waals surface area contributed by atoms with Crippen molar-refractivity contribution in [1.82, 2.24) is 20.4 Å². The lowest BCUT2D eigenvalue weighted by Crippen LogP contribution is -2.53. The van der Waals surface area contributed by atoms with E-state index in [0.717, 1.165) is 0 Å². The first kappa shape index (κ1) is 18.9. The molecule has 0 unspecified atom stereocenters. The topological polar surface area (TPSA) is 81.8 Å². The number of urea groups is 1. The molecule has 0 bridgehead atoms. The smallest absolute Gasteiger partial charge is 0.321 e. The van der Waals surface area contributed by atoms with Crippen LogP contribution in [0.25, 0.3) is 0 Å².